The standard InChI is InChI=1S/C17H18BrNO3S2/c1-22-13-8-10(7-12(18)15(13)20)9-14-16(21)19(17(23)24-14)11-5-3-2-4-6-11/h7-9,11,20H,2-6H2,1H3. The van der Waals surface area contributed by atoms with E-state index in [0.29, 0.717) is 19.4 Å². The minimum absolute atomic E-state index is 0.0138. The average Bonchev–Trinajstić information content (AvgIpc) is 2.85. The third-order valence-corrected chi connectivity index (χ3v) is 6.27. The molecular formula is C17H18BrNO3S2. The van der Waals surface area contributed by atoms with E-state index in [9.17, 15) is 9.90 Å². The van der Waals surface area contributed by atoms with Crippen molar-refractivity contribution in [2.24, 2.45) is 0 Å². The number of benzene rings is 1. The van der Waals surface area contributed by atoms with Crippen LogP contribution in [-0.4, -0.2) is 33.4 Å². The molecule has 0 radical (unpaired) electrons. The zero-order valence-electron chi connectivity index (χ0n) is 13.3. The average molecular weight is 428 g/mol. The van der Waals surface area contributed by atoms with Gasteiger partial charge in [-0.15, -0.1) is 0 Å². The number of methoxy groups -OCH3 is 1. The van der Waals surface area contributed by atoms with Crippen molar-refractivity contribution in [2.45, 2.75) is 38.1 Å². The molecule has 3 rings (SSSR count). The minimum Gasteiger partial charge on any atom is -0.503 e. The Kier molecular flexibility index (Phi) is 5.52. The van der Waals surface area contributed by atoms with Gasteiger partial charge in [0.2, 0.25) is 0 Å². The Hall–Kier alpha value is -1.05. The Morgan fingerprint density at radius 3 is 2.75 bits per heavy atom. The highest BCUT2D eigenvalue weighted by Gasteiger charge is 2.37. The normalized spacial score (nSPS) is 20.9. The summed E-state index contributed by atoms with van der Waals surface area (Å²) in [6.45, 7) is 0. The topological polar surface area (TPSA) is 49.8 Å². The van der Waals surface area contributed by atoms with Gasteiger partial charge in [-0.3, -0.25) is 9.69 Å². The summed E-state index contributed by atoms with van der Waals surface area (Å²) >= 11 is 10.1. The summed E-state index contributed by atoms with van der Waals surface area (Å²) in [5.41, 5.74) is 0.778. The second-order valence-corrected chi connectivity index (χ2v) is 8.43. The van der Waals surface area contributed by atoms with Gasteiger partial charge in [-0.1, -0.05) is 43.2 Å². The summed E-state index contributed by atoms with van der Waals surface area (Å²) in [4.78, 5) is 15.2. The minimum atomic E-state index is -0.0138. The highest BCUT2D eigenvalue weighted by Crippen LogP contribution is 2.40. The molecule has 0 unspecified atom stereocenters. The molecule has 4 nitrogen and oxygen atoms in total. The quantitative estimate of drug-likeness (QED) is 0.559. The monoisotopic (exact) mass is 427 g/mol. The maximum atomic E-state index is 12.8. The molecule has 1 aromatic rings. The first-order chi connectivity index (χ1) is 11.5. The van der Waals surface area contributed by atoms with Crippen LogP contribution in [0.15, 0.2) is 21.5 Å². The van der Waals surface area contributed by atoms with E-state index in [-0.39, 0.29) is 17.7 Å². The van der Waals surface area contributed by atoms with Crippen molar-refractivity contribution < 1.29 is 14.6 Å². The number of phenolic OH excluding ortho intramolecular Hbond substituents is 1. The number of rotatable bonds is 3. The lowest BCUT2D eigenvalue weighted by Crippen LogP contribution is -2.39. The number of halogens is 1. The van der Waals surface area contributed by atoms with Gasteiger partial charge in [-0.05, 0) is 52.5 Å². The van der Waals surface area contributed by atoms with Crippen LogP contribution in [0.5, 0.6) is 11.5 Å². The molecule has 1 N–H and O–H groups in total. The number of ether oxygens (including phenoxy) is 1. The van der Waals surface area contributed by atoms with E-state index in [1.54, 1.807) is 23.1 Å². The zero-order chi connectivity index (χ0) is 17.3. The van der Waals surface area contributed by atoms with E-state index in [2.05, 4.69) is 15.9 Å². The first-order valence-corrected chi connectivity index (χ1v) is 9.86. The fraction of sp³-hybridized carbons (Fsp3) is 0.412. The maximum absolute atomic E-state index is 12.8. The van der Waals surface area contributed by atoms with Crippen LogP contribution in [0, 0.1) is 0 Å². The van der Waals surface area contributed by atoms with E-state index in [4.69, 9.17) is 17.0 Å². The van der Waals surface area contributed by atoms with Gasteiger partial charge >= 0.3 is 0 Å². The van der Waals surface area contributed by atoms with Crippen LogP contribution >= 0.6 is 39.9 Å². The predicted octanol–water partition coefficient (Wildman–Crippen LogP) is 4.70. The number of thiocarbonyl (C=S) groups is 1. The summed E-state index contributed by atoms with van der Waals surface area (Å²) < 4.78 is 6.32. The highest BCUT2D eigenvalue weighted by molar-refractivity contribution is 9.10. The van der Waals surface area contributed by atoms with E-state index in [0.717, 1.165) is 31.2 Å². The smallest absolute Gasteiger partial charge is 0.266 e. The van der Waals surface area contributed by atoms with E-state index < -0.39 is 0 Å². The molecule has 1 heterocycles. The van der Waals surface area contributed by atoms with Crippen LogP contribution < -0.4 is 4.74 Å². The zero-order valence-corrected chi connectivity index (χ0v) is 16.5. The Morgan fingerprint density at radius 2 is 2.08 bits per heavy atom. The molecular weight excluding hydrogens is 410 g/mol. The van der Waals surface area contributed by atoms with Crippen molar-refractivity contribution in [2.75, 3.05) is 7.11 Å². The molecule has 1 aliphatic carbocycles. The first-order valence-electron chi connectivity index (χ1n) is 7.85. The van der Waals surface area contributed by atoms with Crippen molar-refractivity contribution in [1.82, 2.24) is 4.90 Å². The molecule has 7 heteroatoms. The third-order valence-electron chi connectivity index (χ3n) is 4.33. The Balaban J connectivity index is 1.87. The molecule has 0 bridgehead atoms. The number of carbonyl (C=O) groups is 1. The molecule has 0 aromatic heterocycles. The van der Waals surface area contributed by atoms with Crippen molar-refractivity contribution in [3.05, 3.63) is 27.1 Å². The molecule has 2 aliphatic rings. The number of carbonyl (C=O) groups excluding carboxylic acids is 1. The maximum Gasteiger partial charge on any atom is 0.266 e. The van der Waals surface area contributed by atoms with Gasteiger partial charge in [0.05, 0.1) is 16.5 Å². The SMILES string of the molecule is COc1cc(C=C2SC(=S)N(C3CCCCC3)C2=O)cc(Br)c1O. The molecule has 1 saturated heterocycles. The van der Waals surface area contributed by atoms with Crippen molar-refractivity contribution >= 4 is 56.2 Å². The number of phenols is 1. The lowest BCUT2D eigenvalue weighted by molar-refractivity contribution is -0.124. The summed E-state index contributed by atoms with van der Waals surface area (Å²) in [6, 6.07) is 3.69. The molecule has 1 aliphatic heterocycles. The summed E-state index contributed by atoms with van der Waals surface area (Å²) in [5, 5.41) is 9.90. The van der Waals surface area contributed by atoms with Gasteiger partial charge in [0.15, 0.2) is 11.5 Å². The number of aromatic hydroxyl groups is 1. The van der Waals surface area contributed by atoms with Gasteiger partial charge in [-0.2, -0.15) is 0 Å². The van der Waals surface area contributed by atoms with Crippen LogP contribution in [0.2, 0.25) is 0 Å². The van der Waals surface area contributed by atoms with Crippen LogP contribution in [0.3, 0.4) is 0 Å². The second-order valence-electron chi connectivity index (χ2n) is 5.90. The largest absolute Gasteiger partial charge is 0.503 e. The Morgan fingerprint density at radius 1 is 1.38 bits per heavy atom. The Labute approximate surface area is 159 Å². The van der Waals surface area contributed by atoms with Gasteiger partial charge in [-0.25, -0.2) is 0 Å². The van der Waals surface area contributed by atoms with Gasteiger partial charge < -0.3 is 9.84 Å². The first kappa shape index (κ1) is 17.8. The van der Waals surface area contributed by atoms with Gasteiger partial charge in [0.1, 0.15) is 4.32 Å². The van der Waals surface area contributed by atoms with Crippen LogP contribution in [0.4, 0.5) is 0 Å². The molecule has 1 saturated carbocycles. The van der Waals surface area contributed by atoms with E-state index in [1.807, 2.05) is 0 Å². The Bertz CT molecular complexity index is 714. The van der Waals surface area contributed by atoms with E-state index >= 15 is 0 Å². The number of hydrogen-bond acceptors (Lipinski definition) is 5. The number of nitrogens with zero attached hydrogens (tertiary/aromatic N) is 1. The summed E-state index contributed by atoms with van der Waals surface area (Å²) in [6.07, 6.45) is 7.40. The summed E-state index contributed by atoms with van der Waals surface area (Å²) in [5.74, 6) is 0.392. The molecule has 2 fully saturated rings. The van der Waals surface area contributed by atoms with Gasteiger partial charge in [0, 0.05) is 6.04 Å². The molecule has 1 amide bonds. The number of amides is 1. The van der Waals surface area contributed by atoms with Crippen molar-refractivity contribution in [3.8, 4) is 11.5 Å². The van der Waals surface area contributed by atoms with Crippen LogP contribution in [-0.2, 0) is 4.79 Å². The highest BCUT2D eigenvalue weighted by atomic mass is 79.9. The number of thioether (sulfide) groups is 1. The molecule has 0 spiro atoms. The molecule has 0 atom stereocenters. The second kappa shape index (κ2) is 7.45. The number of hydrogen-bond donors (Lipinski definition) is 1. The third kappa shape index (κ3) is 3.48. The molecule has 1 aromatic carbocycles. The van der Waals surface area contributed by atoms with Gasteiger partial charge in [0.25, 0.3) is 5.91 Å². The summed E-state index contributed by atoms with van der Waals surface area (Å²) in [7, 11) is 1.49. The van der Waals surface area contributed by atoms with E-state index in [1.165, 1.54) is 25.3 Å². The predicted molar refractivity (Wildman–Crippen MR) is 104 cm³/mol. The molecule has 24 heavy (non-hydrogen) atoms. The molecule has 128 valence electrons. The lowest BCUT2D eigenvalue weighted by Gasteiger charge is -2.29. The van der Waals surface area contributed by atoms with Crippen LogP contribution in [0.1, 0.15) is 37.7 Å². The fourth-order valence-corrected chi connectivity index (χ4v) is 4.98. The fourth-order valence-electron chi connectivity index (χ4n) is 3.12. The lowest BCUT2D eigenvalue weighted by atomic mass is 9.94. The van der Waals surface area contributed by atoms with Crippen LogP contribution in [0.25, 0.3) is 6.08 Å². The van der Waals surface area contributed by atoms with Crippen molar-refractivity contribution in [1.29, 1.82) is 0 Å². The van der Waals surface area contributed by atoms with Crippen molar-refractivity contribution in [3.63, 3.8) is 0 Å².